The lowest BCUT2D eigenvalue weighted by atomic mass is 9.78. The maximum atomic E-state index is 11.0. The molecule has 0 aliphatic carbocycles. The van der Waals surface area contributed by atoms with Gasteiger partial charge in [-0.05, 0) is 6.07 Å². The lowest BCUT2D eigenvalue weighted by Crippen LogP contribution is -2.65. The van der Waals surface area contributed by atoms with Crippen LogP contribution >= 0.6 is 11.9 Å². The number of hydrogen-bond acceptors (Lipinski definition) is 6. The molecule has 8 heteroatoms. The lowest BCUT2D eigenvalue weighted by molar-refractivity contribution is -0.318. The maximum Gasteiger partial charge on any atom is 0.207 e. The number of aromatic nitrogens is 1. The Morgan fingerprint density at radius 1 is 1.27 bits per heavy atom. The zero-order valence-corrected chi connectivity index (χ0v) is 12.1. The Kier molecular flexibility index (Phi) is 4.13. The fraction of sp³-hybridized carbons (Fsp3) is 0.429. The van der Waals surface area contributed by atoms with Gasteiger partial charge in [0, 0.05) is 22.7 Å². The van der Waals surface area contributed by atoms with Crippen LogP contribution in [0, 0.1) is 0 Å². The van der Waals surface area contributed by atoms with Gasteiger partial charge in [0.15, 0.2) is 5.60 Å². The minimum absolute atomic E-state index is 0.267. The fourth-order valence-corrected chi connectivity index (χ4v) is 3.06. The van der Waals surface area contributed by atoms with Crippen LogP contribution in [-0.4, -0.2) is 56.6 Å². The molecule has 2 aromatic rings. The van der Waals surface area contributed by atoms with E-state index in [2.05, 4.69) is 9.27 Å². The van der Waals surface area contributed by atoms with Gasteiger partial charge in [0.2, 0.25) is 6.29 Å². The molecular weight excluding hydrogens is 314 g/mol. The van der Waals surface area contributed by atoms with Crippen LogP contribution in [0.3, 0.4) is 0 Å². The molecule has 5 atom stereocenters. The molecule has 1 saturated heterocycles. The number of H-pyrrole nitrogens is 1. The number of aromatic amines is 1. The van der Waals surface area contributed by atoms with Crippen molar-refractivity contribution in [2.45, 2.75) is 30.2 Å². The van der Waals surface area contributed by atoms with Gasteiger partial charge >= 0.3 is 0 Å². The second kappa shape index (κ2) is 5.78. The third-order valence-electron chi connectivity index (χ3n) is 4.11. The zero-order valence-electron chi connectivity index (χ0n) is 11.4. The molecule has 0 unspecified atom stereocenters. The molecule has 1 aromatic carbocycles. The molecule has 0 amide bonds. The summed E-state index contributed by atoms with van der Waals surface area (Å²) in [5.41, 5.74) is -1.13. The van der Waals surface area contributed by atoms with Gasteiger partial charge in [0.1, 0.15) is 18.3 Å². The summed E-state index contributed by atoms with van der Waals surface area (Å²) in [6.07, 6.45) is -4.30. The van der Waals surface area contributed by atoms with Crippen molar-refractivity contribution >= 4 is 22.8 Å². The first kappa shape index (κ1) is 15.7. The molecule has 0 spiro atoms. The Bertz CT molecular complexity index is 646. The molecule has 22 heavy (non-hydrogen) atoms. The van der Waals surface area contributed by atoms with E-state index in [1.165, 1.54) is 6.20 Å². The van der Waals surface area contributed by atoms with Crippen molar-refractivity contribution in [1.82, 2.24) is 4.98 Å². The van der Waals surface area contributed by atoms with E-state index in [1.807, 2.05) is 6.07 Å². The monoisotopic (exact) mass is 329 g/mol. The van der Waals surface area contributed by atoms with Crippen LogP contribution in [0.5, 0.6) is 0 Å². The quantitative estimate of drug-likeness (QED) is 0.540. The number of ether oxygens (including phenoxy) is 1. The van der Waals surface area contributed by atoms with E-state index in [0.717, 1.165) is 5.52 Å². The van der Waals surface area contributed by atoms with E-state index in [9.17, 15) is 20.4 Å². The highest BCUT2D eigenvalue weighted by molar-refractivity contribution is 6.07. The number of benzene rings is 1. The van der Waals surface area contributed by atoms with E-state index >= 15 is 0 Å². The summed E-state index contributed by atoms with van der Waals surface area (Å²) in [6, 6.07) is 7.10. The van der Waals surface area contributed by atoms with E-state index < -0.39 is 36.8 Å². The predicted octanol–water partition coefficient (Wildman–Crippen LogP) is -0.0351. The van der Waals surface area contributed by atoms with Crippen LogP contribution < -0.4 is 0 Å². The molecule has 7 nitrogen and oxygen atoms in total. The SMILES string of the molecule is OC[C@H]1O[C@H](OCl)[C@H](O)[C@](O)(c2c[nH]c3ccccc23)[C@@H]1O. The Morgan fingerprint density at radius 2 is 2.00 bits per heavy atom. The Morgan fingerprint density at radius 3 is 2.68 bits per heavy atom. The summed E-state index contributed by atoms with van der Waals surface area (Å²) in [4.78, 5) is 2.96. The number of hydrogen-bond donors (Lipinski definition) is 5. The second-order valence-electron chi connectivity index (χ2n) is 5.28. The first-order valence-electron chi connectivity index (χ1n) is 6.72. The molecule has 120 valence electrons. The topological polar surface area (TPSA) is 115 Å². The van der Waals surface area contributed by atoms with Gasteiger partial charge in [-0.15, -0.1) is 0 Å². The molecule has 1 fully saturated rings. The summed E-state index contributed by atoms with van der Waals surface area (Å²) < 4.78 is 9.64. The molecule has 5 N–H and O–H groups in total. The third kappa shape index (κ3) is 2.14. The largest absolute Gasteiger partial charge is 0.394 e. The zero-order chi connectivity index (χ0) is 15.9. The standard InChI is InChI=1S/C14H16ClNO6/c15-22-13-12(19)14(20,11(18)10(6-17)21-13)8-5-16-9-4-2-1-3-7(8)9/h1-5,10-13,16-20H,6H2/t10-,11-,12+,13-,14+/m1/s1. The Balaban J connectivity index is 2.15. The first-order valence-corrected chi connectivity index (χ1v) is 7.03. The summed E-state index contributed by atoms with van der Waals surface area (Å²) in [5, 5.41) is 41.7. The van der Waals surface area contributed by atoms with Crippen molar-refractivity contribution in [2.75, 3.05) is 6.61 Å². The van der Waals surface area contributed by atoms with Crippen LogP contribution in [0.25, 0.3) is 10.9 Å². The highest BCUT2D eigenvalue weighted by Crippen LogP contribution is 2.41. The van der Waals surface area contributed by atoms with Gasteiger partial charge in [0.25, 0.3) is 0 Å². The van der Waals surface area contributed by atoms with Crippen LogP contribution in [0.15, 0.2) is 30.5 Å². The number of rotatable bonds is 3. The average molecular weight is 330 g/mol. The Labute approximate surface area is 130 Å². The minimum atomic E-state index is -2.12. The van der Waals surface area contributed by atoms with Crippen molar-refractivity contribution in [2.24, 2.45) is 0 Å². The molecule has 1 aliphatic rings. The number of para-hydroxylation sites is 1. The van der Waals surface area contributed by atoms with Crippen LogP contribution in [0.2, 0.25) is 0 Å². The summed E-state index contributed by atoms with van der Waals surface area (Å²) in [7, 11) is 0. The van der Waals surface area contributed by atoms with Gasteiger partial charge in [-0.25, -0.2) is 4.29 Å². The van der Waals surface area contributed by atoms with Gasteiger partial charge in [-0.3, -0.25) is 0 Å². The van der Waals surface area contributed by atoms with Gasteiger partial charge in [-0.2, -0.15) is 0 Å². The van der Waals surface area contributed by atoms with Crippen molar-refractivity contribution < 1.29 is 29.5 Å². The molecule has 0 saturated carbocycles. The molecule has 2 heterocycles. The van der Waals surface area contributed by atoms with Crippen molar-refractivity contribution in [3.05, 3.63) is 36.0 Å². The molecule has 0 radical (unpaired) electrons. The average Bonchev–Trinajstić information content (AvgIpc) is 2.98. The van der Waals surface area contributed by atoms with E-state index in [4.69, 9.17) is 16.6 Å². The molecular formula is C14H16ClNO6. The predicted molar refractivity (Wildman–Crippen MR) is 76.9 cm³/mol. The van der Waals surface area contributed by atoms with Crippen molar-refractivity contribution in [3.8, 4) is 0 Å². The first-order chi connectivity index (χ1) is 10.5. The number of fused-ring (bicyclic) bond motifs is 1. The molecule has 0 bridgehead atoms. The number of nitrogens with one attached hydrogen (secondary N) is 1. The number of aliphatic hydroxyl groups excluding tert-OH is 3. The highest BCUT2D eigenvalue weighted by Gasteiger charge is 2.57. The fourth-order valence-electron chi connectivity index (χ4n) is 2.92. The number of aliphatic hydroxyl groups is 4. The molecule has 1 aliphatic heterocycles. The van der Waals surface area contributed by atoms with Crippen LogP contribution in [0.4, 0.5) is 0 Å². The van der Waals surface area contributed by atoms with E-state index in [1.54, 1.807) is 18.2 Å². The van der Waals surface area contributed by atoms with Gasteiger partial charge in [0.05, 0.1) is 18.5 Å². The lowest BCUT2D eigenvalue weighted by Gasteiger charge is -2.46. The summed E-state index contributed by atoms with van der Waals surface area (Å²) in [6.45, 7) is -0.574. The van der Waals surface area contributed by atoms with Gasteiger partial charge in [-0.1, -0.05) is 18.2 Å². The smallest absolute Gasteiger partial charge is 0.207 e. The minimum Gasteiger partial charge on any atom is -0.394 e. The third-order valence-corrected chi connectivity index (χ3v) is 4.28. The Hall–Kier alpha value is -1.19. The van der Waals surface area contributed by atoms with E-state index in [0.29, 0.717) is 5.39 Å². The highest BCUT2D eigenvalue weighted by atomic mass is 35.5. The summed E-state index contributed by atoms with van der Waals surface area (Å²) >= 11 is 5.28. The molecule has 3 rings (SSSR count). The van der Waals surface area contributed by atoms with Crippen LogP contribution in [-0.2, 0) is 14.6 Å². The normalized spacial score (nSPS) is 35.9. The van der Waals surface area contributed by atoms with E-state index in [-0.39, 0.29) is 5.56 Å². The molecule has 1 aromatic heterocycles. The maximum absolute atomic E-state index is 11.0. The summed E-state index contributed by atoms with van der Waals surface area (Å²) in [5.74, 6) is 0. The van der Waals surface area contributed by atoms with Crippen molar-refractivity contribution in [1.29, 1.82) is 0 Å². The van der Waals surface area contributed by atoms with Crippen LogP contribution in [0.1, 0.15) is 5.56 Å². The second-order valence-corrected chi connectivity index (χ2v) is 5.46. The number of halogens is 1. The van der Waals surface area contributed by atoms with Crippen molar-refractivity contribution in [3.63, 3.8) is 0 Å². The van der Waals surface area contributed by atoms with Gasteiger partial charge < -0.3 is 30.1 Å².